The summed E-state index contributed by atoms with van der Waals surface area (Å²) in [6.07, 6.45) is 1.29. The lowest BCUT2D eigenvalue weighted by molar-refractivity contribution is -0.147. The second-order valence-electron chi connectivity index (χ2n) is 5.43. The van der Waals surface area contributed by atoms with Crippen LogP contribution < -0.4 is 0 Å². The second-order valence-corrected chi connectivity index (χ2v) is 5.43. The second kappa shape index (κ2) is 11.0. The lowest BCUT2D eigenvalue weighted by atomic mass is 10.0. The average Bonchev–Trinajstić information content (AvgIpc) is 2.61. The molecule has 1 amide bonds. The predicted molar refractivity (Wildman–Crippen MR) is 95.4 cm³/mol. The van der Waals surface area contributed by atoms with Gasteiger partial charge in [0.25, 0.3) is 5.91 Å². The fourth-order valence-electron chi connectivity index (χ4n) is 2.25. The van der Waals surface area contributed by atoms with Crippen LogP contribution in [-0.4, -0.2) is 54.2 Å². The molecule has 1 aromatic carbocycles. The van der Waals surface area contributed by atoms with E-state index in [9.17, 15) is 19.5 Å². The van der Waals surface area contributed by atoms with Crippen molar-refractivity contribution in [3.63, 3.8) is 0 Å². The number of nitrogens with zero attached hydrogens (tertiary/aromatic N) is 1. The molecule has 26 heavy (non-hydrogen) atoms. The molecule has 0 aliphatic carbocycles. The van der Waals surface area contributed by atoms with Crippen molar-refractivity contribution in [2.75, 3.05) is 26.3 Å². The van der Waals surface area contributed by atoms with Crippen molar-refractivity contribution in [2.24, 2.45) is 0 Å². The molecule has 0 fully saturated rings. The number of hydrogen-bond acceptors (Lipinski definition) is 6. The molecule has 1 aromatic rings. The van der Waals surface area contributed by atoms with Crippen LogP contribution in [0.1, 0.15) is 42.3 Å². The molecular formula is C19H25NO6. The standard InChI is InChI=1S/C19H25NO6/c1-4-7-16(21)14-8-10-15(11-9-14)19(24)20(12-17(22)25-5-2)13-18(23)26-6-3/h4,8-11,16,21H,1,5-7,12-13H2,2-3H3/t16-/m1/s1. The topological polar surface area (TPSA) is 93.1 Å². The normalized spacial score (nSPS) is 11.3. The Bertz CT molecular complexity index is 605. The summed E-state index contributed by atoms with van der Waals surface area (Å²) >= 11 is 0. The molecule has 0 aromatic heterocycles. The summed E-state index contributed by atoms with van der Waals surface area (Å²) in [4.78, 5) is 37.2. The summed E-state index contributed by atoms with van der Waals surface area (Å²) in [6, 6.07) is 6.31. The smallest absolute Gasteiger partial charge is 0.325 e. The SMILES string of the molecule is C=CC[C@@H](O)c1ccc(C(=O)N(CC(=O)OCC)CC(=O)OCC)cc1. The van der Waals surface area contributed by atoms with Gasteiger partial charge >= 0.3 is 11.9 Å². The first-order valence-corrected chi connectivity index (χ1v) is 8.42. The lowest BCUT2D eigenvalue weighted by Gasteiger charge is -2.21. The van der Waals surface area contributed by atoms with Crippen molar-refractivity contribution in [3.05, 3.63) is 48.0 Å². The van der Waals surface area contributed by atoms with E-state index < -0.39 is 23.9 Å². The summed E-state index contributed by atoms with van der Waals surface area (Å²) in [5.74, 6) is -1.72. The molecule has 1 rings (SSSR count). The van der Waals surface area contributed by atoms with Gasteiger partial charge in [-0.15, -0.1) is 6.58 Å². The number of hydrogen-bond donors (Lipinski definition) is 1. The molecule has 0 saturated heterocycles. The van der Waals surface area contributed by atoms with E-state index in [-0.39, 0.29) is 31.9 Å². The van der Waals surface area contributed by atoms with Crippen LogP contribution in [0.2, 0.25) is 0 Å². The first-order chi connectivity index (χ1) is 12.4. The number of rotatable bonds is 10. The molecule has 0 aliphatic rings. The van der Waals surface area contributed by atoms with E-state index in [1.165, 1.54) is 12.1 Å². The third-order valence-electron chi connectivity index (χ3n) is 3.47. The summed E-state index contributed by atoms with van der Waals surface area (Å²) in [5, 5.41) is 9.93. The Morgan fingerprint density at radius 2 is 1.58 bits per heavy atom. The molecule has 0 unspecified atom stereocenters. The largest absolute Gasteiger partial charge is 0.465 e. The third-order valence-corrected chi connectivity index (χ3v) is 3.47. The zero-order valence-corrected chi connectivity index (χ0v) is 15.1. The van der Waals surface area contributed by atoms with Crippen LogP contribution >= 0.6 is 0 Å². The quantitative estimate of drug-likeness (QED) is 0.504. The van der Waals surface area contributed by atoms with Gasteiger partial charge in [0.1, 0.15) is 13.1 Å². The Labute approximate surface area is 153 Å². The van der Waals surface area contributed by atoms with Crippen molar-refractivity contribution in [1.82, 2.24) is 4.90 Å². The highest BCUT2D eigenvalue weighted by Crippen LogP contribution is 2.18. The van der Waals surface area contributed by atoms with Gasteiger partial charge in [-0.05, 0) is 38.0 Å². The number of carbonyl (C=O) groups excluding carboxylic acids is 3. The van der Waals surface area contributed by atoms with Crippen molar-refractivity contribution >= 4 is 17.8 Å². The summed E-state index contributed by atoms with van der Waals surface area (Å²) in [5.41, 5.74) is 0.928. The number of aliphatic hydroxyl groups is 1. The minimum Gasteiger partial charge on any atom is -0.465 e. The summed E-state index contributed by atoms with van der Waals surface area (Å²) < 4.78 is 9.70. The molecule has 0 aliphatic heterocycles. The summed E-state index contributed by atoms with van der Waals surface area (Å²) in [6.45, 7) is 6.53. The Hall–Kier alpha value is -2.67. The Morgan fingerprint density at radius 3 is 2.00 bits per heavy atom. The molecule has 0 bridgehead atoms. The maximum atomic E-state index is 12.7. The first kappa shape index (κ1) is 21.4. The number of aliphatic hydroxyl groups excluding tert-OH is 1. The molecule has 0 saturated carbocycles. The van der Waals surface area contributed by atoms with Gasteiger partial charge in [-0.3, -0.25) is 14.4 Å². The number of esters is 2. The van der Waals surface area contributed by atoms with E-state index >= 15 is 0 Å². The van der Waals surface area contributed by atoms with Crippen LogP contribution in [0.15, 0.2) is 36.9 Å². The molecule has 0 heterocycles. The van der Waals surface area contributed by atoms with Gasteiger partial charge in [0.2, 0.25) is 0 Å². The molecule has 0 radical (unpaired) electrons. The van der Waals surface area contributed by atoms with Gasteiger partial charge in [0.15, 0.2) is 0 Å². The van der Waals surface area contributed by atoms with E-state index in [0.717, 1.165) is 4.90 Å². The molecule has 142 valence electrons. The van der Waals surface area contributed by atoms with E-state index in [1.807, 2.05) is 0 Å². The molecule has 7 heteroatoms. The predicted octanol–water partition coefficient (Wildman–Crippen LogP) is 1.86. The van der Waals surface area contributed by atoms with Gasteiger partial charge in [0.05, 0.1) is 19.3 Å². The fraction of sp³-hybridized carbons (Fsp3) is 0.421. The highest BCUT2D eigenvalue weighted by atomic mass is 16.5. The highest BCUT2D eigenvalue weighted by Gasteiger charge is 2.23. The third kappa shape index (κ3) is 6.68. The fourth-order valence-corrected chi connectivity index (χ4v) is 2.25. The maximum Gasteiger partial charge on any atom is 0.325 e. The minimum atomic E-state index is -0.702. The molecule has 0 spiro atoms. The van der Waals surface area contributed by atoms with Crippen LogP contribution in [0.4, 0.5) is 0 Å². The Kier molecular flexibility index (Phi) is 9.08. The van der Waals surface area contributed by atoms with Crippen molar-refractivity contribution in [3.8, 4) is 0 Å². The van der Waals surface area contributed by atoms with Crippen LogP contribution in [0.5, 0.6) is 0 Å². The molecule has 1 atom stereocenters. The number of benzene rings is 1. The van der Waals surface area contributed by atoms with Crippen LogP contribution in [-0.2, 0) is 19.1 Å². The van der Waals surface area contributed by atoms with Gasteiger partial charge < -0.3 is 19.5 Å². The summed E-state index contributed by atoms with van der Waals surface area (Å²) in [7, 11) is 0. The van der Waals surface area contributed by atoms with E-state index in [1.54, 1.807) is 32.1 Å². The zero-order chi connectivity index (χ0) is 19.5. The van der Waals surface area contributed by atoms with Crippen molar-refractivity contribution in [2.45, 2.75) is 26.4 Å². The Morgan fingerprint density at radius 1 is 1.08 bits per heavy atom. The van der Waals surface area contributed by atoms with Crippen LogP contribution in [0.3, 0.4) is 0 Å². The van der Waals surface area contributed by atoms with Gasteiger partial charge in [-0.25, -0.2) is 0 Å². The molecule has 1 N–H and O–H groups in total. The van der Waals surface area contributed by atoms with E-state index in [4.69, 9.17) is 9.47 Å². The van der Waals surface area contributed by atoms with Crippen LogP contribution in [0, 0.1) is 0 Å². The first-order valence-electron chi connectivity index (χ1n) is 8.42. The zero-order valence-electron chi connectivity index (χ0n) is 15.1. The highest BCUT2D eigenvalue weighted by molar-refractivity contribution is 5.97. The number of ether oxygens (including phenoxy) is 2. The molecular weight excluding hydrogens is 338 g/mol. The van der Waals surface area contributed by atoms with E-state index in [2.05, 4.69) is 6.58 Å². The van der Waals surface area contributed by atoms with E-state index in [0.29, 0.717) is 12.0 Å². The van der Waals surface area contributed by atoms with Crippen molar-refractivity contribution in [1.29, 1.82) is 0 Å². The molecule has 7 nitrogen and oxygen atoms in total. The maximum absolute atomic E-state index is 12.7. The Balaban J connectivity index is 2.93. The average molecular weight is 363 g/mol. The van der Waals surface area contributed by atoms with Gasteiger partial charge in [-0.2, -0.15) is 0 Å². The lowest BCUT2D eigenvalue weighted by Crippen LogP contribution is -2.40. The van der Waals surface area contributed by atoms with Crippen molar-refractivity contribution < 1.29 is 29.0 Å². The van der Waals surface area contributed by atoms with Gasteiger partial charge in [-0.1, -0.05) is 18.2 Å². The number of amides is 1. The van der Waals surface area contributed by atoms with Gasteiger partial charge in [0, 0.05) is 5.56 Å². The van der Waals surface area contributed by atoms with Crippen LogP contribution in [0.25, 0.3) is 0 Å². The monoisotopic (exact) mass is 363 g/mol. The number of carbonyl (C=O) groups is 3. The minimum absolute atomic E-state index is 0.177.